The molecule has 0 spiro atoms. The fraction of sp³-hybridized carbons (Fsp3) is 0.750. The standard InChI is InChI=1S/C12H21N5O2/c1-8-5-4-6-16(10(8)7-13)12-11(17(18)19)14-9(2)15(12)3/h8,10H,4-7,13H2,1-3H3. The van der Waals surface area contributed by atoms with E-state index in [1.807, 2.05) is 7.05 Å². The third kappa shape index (κ3) is 2.30. The first-order chi connectivity index (χ1) is 8.97. The molecule has 0 bridgehead atoms. The van der Waals surface area contributed by atoms with Gasteiger partial charge in [-0.25, -0.2) is 0 Å². The van der Waals surface area contributed by atoms with E-state index < -0.39 is 4.92 Å². The van der Waals surface area contributed by atoms with Crippen molar-refractivity contribution >= 4 is 11.6 Å². The van der Waals surface area contributed by atoms with Gasteiger partial charge in [-0.15, -0.1) is 0 Å². The van der Waals surface area contributed by atoms with Crippen molar-refractivity contribution in [2.45, 2.75) is 32.7 Å². The van der Waals surface area contributed by atoms with E-state index in [-0.39, 0.29) is 11.9 Å². The van der Waals surface area contributed by atoms with Gasteiger partial charge in [0, 0.05) is 33.1 Å². The highest BCUT2D eigenvalue weighted by molar-refractivity contribution is 5.57. The summed E-state index contributed by atoms with van der Waals surface area (Å²) in [5.74, 6) is 1.61. The predicted octanol–water partition coefficient (Wildman–Crippen LogP) is 1.20. The topological polar surface area (TPSA) is 90.2 Å². The Kier molecular flexibility index (Phi) is 3.75. The molecule has 2 atom stereocenters. The van der Waals surface area contributed by atoms with Gasteiger partial charge in [0.15, 0.2) is 0 Å². The summed E-state index contributed by atoms with van der Waals surface area (Å²) < 4.78 is 1.79. The normalized spacial score (nSPS) is 23.7. The maximum absolute atomic E-state index is 11.2. The Labute approximate surface area is 112 Å². The number of imidazole rings is 1. The van der Waals surface area contributed by atoms with E-state index in [0.29, 0.717) is 24.1 Å². The average molecular weight is 267 g/mol. The molecule has 0 saturated carbocycles. The molecule has 106 valence electrons. The molecule has 19 heavy (non-hydrogen) atoms. The second-order valence-electron chi connectivity index (χ2n) is 5.24. The van der Waals surface area contributed by atoms with Crippen LogP contribution < -0.4 is 10.6 Å². The van der Waals surface area contributed by atoms with Crippen LogP contribution in [0.3, 0.4) is 0 Å². The van der Waals surface area contributed by atoms with Crippen LogP contribution in [0.1, 0.15) is 25.6 Å². The molecule has 2 unspecified atom stereocenters. The maximum atomic E-state index is 11.2. The van der Waals surface area contributed by atoms with Crippen LogP contribution >= 0.6 is 0 Å². The Morgan fingerprint density at radius 3 is 2.84 bits per heavy atom. The smallest absolute Gasteiger partial charge is 0.358 e. The Bertz CT molecular complexity index is 485. The van der Waals surface area contributed by atoms with Crippen LogP contribution in [-0.4, -0.2) is 33.6 Å². The van der Waals surface area contributed by atoms with E-state index in [1.165, 1.54) is 0 Å². The molecule has 2 rings (SSSR count). The highest BCUT2D eigenvalue weighted by atomic mass is 16.6. The molecule has 7 nitrogen and oxygen atoms in total. The summed E-state index contributed by atoms with van der Waals surface area (Å²) in [7, 11) is 1.82. The summed E-state index contributed by atoms with van der Waals surface area (Å²) in [5, 5.41) is 11.2. The van der Waals surface area contributed by atoms with E-state index in [4.69, 9.17) is 5.73 Å². The maximum Gasteiger partial charge on any atom is 0.406 e. The third-order valence-electron chi connectivity index (χ3n) is 4.07. The highest BCUT2D eigenvalue weighted by Gasteiger charge is 2.35. The number of aromatic nitrogens is 2. The number of rotatable bonds is 3. The minimum atomic E-state index is -0.408. The van der Waals surface area contributed by atoms with Crippen LogP contribution in [0.2, 0.25) is 0 Å². The summed E-state index contributed by atoms with van der Waals surface area (Å²) in [6.45, 7) is 5.23. The van der Waals surface area contributed by atoms with Gasteiger partial charge in [0.05, 0.1) is 0 Å². The van der Waals surface area contributed by atoms with Crippen LogP contribution in [0.5, 0.6) is 0 Å². The number of nitrogens with zero attached hydrogens (tertiary/aromatic N) is 4. The van der Waals surface area contributed by atoms with Crippen molar-refractivity contribution in [1.29, 1.82) is 0 Å². The quantitative estimate of drug-likeness (QED) is 0.656. The van der Waals surface area contributed by atoms with Crippen molar-refractivity contribution < 1.29 is 4.92 Å². The minimum Gasteiger partial charge on any atom is -0.358 e. The molecule has 1 aliphatic heterocycles. The van der Waals surface area contributed by atoms with Crippen LogP contribution in [0.4, 0.5) is 11.6 Å². The van der Waals surface area contributed by atoms with Crippen LogP contribution in [0, 0.1) is 23.0 Å². The Balaban J connectivity index is 2.47. The molecule has 0 aliphatic carbocycles. The van der Waals surface area contributed by atoms with E-state index in [9.17, 15) is 10.1 Å². The summed E-state index contributed by atoms with van der Waals surface area (Å²) in [5.41, 5.74) is 5.86. The van der Waals surface area contributed by atoms with Crippen LogP contribution in [-0.2, 0) is 7.05 Å². The number of piperidine rings is 1. The lowest BCUT2D eigenvalue weighted by atomic mass is 9.91. The Hall–Kier alpha value is -1.63. The molecular formula is C12H21N5O2. The van der Waals surface area contributed by atoms with Gasteiger partial charge in [0.2, 0.25) is 11.6 Å². The monoisotopic (exact) mass is 267 g/mol. The van der Waals surface area contributed by atoms with Crippen molar-refractivity contribution in [3.8, 4) is 0 Å². The summed E-state index contributed by atoms with van der Waals surface area (Å²) in [6.07, 6.45) is 2.14. The van der Waals surface area contributed by atoms with Crippen molar-refractivity contribution in [1.82, 2.24) is 9.55 Å². The number of nitro groups is 1. The van der Waals surface area contributed by atoms with Crippen LogP contribution in [0.15, 0.2) is 0 Å². The van der Waals surface area contributed by atoms with Gasteiger partial charge in [-0.1, -0.05) is 6.92 Å². The largest absolute Gasteiger partial charge is 0.406 e. The first kappa shape index (κ1) is 13.8. The lowest BCUT2D eigenvalue weighted by Gasteiger charge is -2.40. The number of hydrogen-bond donors (Lipinski definition) is 1. The SMILES string of the molecule is Cc1nc([N+](=O)[O-])c(N2CCCC(C)C2CN)n1C. The average Bonchev–Trinajstić information content (AvgIpc) is 2.66. The van der Waals surface area contributed by atoms with Crippen molar-refractivity contribution in [3.63, 3.8) is 0 Å². The molecule has 0 radical (unpaired) electrons. The predicted molar refractivity (Wildman–Crippen MR) is 73.2 cm³/mol. The minimum absolute atomic E-state index is 0.0625. The van der Waals surface area contributed by atoms with Gasteiger partial charge in [0.25, 0.3) is 0 Å². The van der Waals surface area contributed by atoms with Crippen molar-refractivity contribution in [2.75, 3.05) is 18.0 Å². The van der Waals surface area contributed by atoms with E-state index in [1.54, 1.807) is 11.5 Å². The van der Waals surface area contributed by atoms with E-state index in [2.05, 4.69) is 16.8 Å². The van der Waals surface area contributed by atoms with Gasteiger partial charge >= 0.3 is 5.82 Å². The van der Waals surface area contributed by atoms with Gasteiger partial charge < -0.3 is 20.7 Å². The summed E-state index contributed by atoms with van der Waals surface area (Å²) >= 11 is 0. The molecule has 7 heteroatoms. The molecule has 0 amide bonds. The van der Waals surface area contributed by atoms with E-state index >= 15 is 0 Å². The number of aryl methyl sites for hydroxylation is 1. The number of hydrogen-bond acceptors (Lipinski definition) is 5. The zero-order valence-corrected chi connectivity index (χ0v) is 11.7. The number of anilines is 1. The first-order valence-electron chi connectivity index (χ1n) is 6.61. The zero-order chi connectivity index (χ0) is 14.2. The summed E-state index contributed by atoms with van der Waals surface area (Å²) in [6, 6.07) is 0.141. The Morgan fingerprint density at radius 1 is 1.58 bits per heavy atom. The second-order valence-corrected chi connectivity index (χ2v) is 5.24. The van der Waals surface area contributed by atoms with Crippen molar-refractivity contribution in [2.24, 2.45) is 18.7 Å². The summed E-state index contributed by atoms with van der Waals surface area (Å²) in [4.78, 5) is 16.9. The fourth-order valence-electron chi connectivity index (χ4n) is 2.90. The van der Waals surface area contributed by atoms with Gasteiger partial charge in [-0.2, -0.15) is 0 Å². The first-order valence-corrected chi connectivity index (χ1v) is 6.61. The second kappa shape index (κ2) is 5.16. The highest BCUT2D eigenvalue weighted by Crippen LogP contribution is 2.34. The van der Waals surface area contributed by atoms with Crippen molar-refractivity contribution in [3.05, 3.63) is 15.9 Å². The molecule has 1 aromatic heterocycles. The molecule has 0 aromatic carbocycles. The molecule has 1 aliphatic rings. The molecule has 1 aromatic rings. The van der Waals surface area contributed by atoms with Gasteiger partial charge in [0.1, 0.15) is 0 Å². The lowest BCUT2D eigenvalue weighted by Crippen LogP contribution is -2.49. The third-order valence-corrected chi connectivity index (χ3v) is 4.07. The zero-order valence-electron chi connectivity index (χ0n) is 11.7. The van der Waals surface area contributed by atoms with Gasteiger partial charge in [-0.05, 0) is 28.7 Å². The molecule has 2 heterocycles. The van der Waals surface area contributed by atoms with E-state index in [0.717, 1.165) is 19.4 Å². The number of nitrogens with two attached hydrogens (primary N) is 1. The lowest BCUT2D eigenvalue weighted by molar-refractivity contribution is -0.388. The molecule has 1 fully saturated rings. The molecule has 1 saturated heterocycles. The van der Waals surface area contributed by atoms with Crippen LogP contribution in [0.25, 0.3) is 0 Å². The molecular weight excluding hydrogens is 246 g/mol. The Morgan fingerprint density at radius 2 is 2.26 bits per heavy atom. The fourth-order valence-corrected chi connectivity index (χ4v) is 2.90. The molecule has 2 N–H and O–H groups in total. The van der Waals surface area contributed by atoms with Gasteiger partial charge in [-0.3, -0.25) is 4.57 Å².